The zero-order valence-electron chi connectivity index (χ0n) is 26.5. The molecule has 2 saturated heterocycles. The zero-order chi connectivity index (χ0) is 33.1. The number of carbonyl (C=O) groups excluding carboxylic acids is 2. The summed E-state index contributed by atoms with van der Waals surface area (Å²) in [5, 5.41) is 24.9. The van der Waals surface area contributed by atoms with Crippen LogP contribution in [0.4, 0.5) is 4.79 Å². The van der Waals surface area contributed by atoms with Crippen LogP contribution in [-0.4, -0.2) is 98.6 Å². The third kappa shape index (κ3) is 7.66. The molecule has 3 aliphatic heterocycles. The largest absolute Gasteiger partial charge is 0.530 e. The van der Waals surface area contributed by atoms with Crippen molar-refractivity contribution in [3.05, 3.63) is 54.1 Å². The standard InChI is InChI=1S/C33H44N2O10S/c1-22(36)12-14-33(2,3)21-34(46(40,41)29-11-7-10-28-30(29)43-17-16-42-28)19-27(37)25(18-23-8-5-4-6-9-23)35(32(38)39)26-20-45-31-24(26)13-15-44-31/h4-11,24-27,31,37H,12-21H2,1-3H3,(H,38,39)/p-1/t24-,25-,26-,27+,31+/m0/s1. The minimum Gasteiger partial charge on any atom is -0.530 e. The number of fused-ring (bicyclic) bond motifs is 2. The predicted molar refractivity (Wildman–Crippen MR) is 165 cm³/mol. The van der Waals surface area contributed by atoms with Gasteiger partial charge >= 0.3 is 0 Å². The number of aliphatic hydroxyl groups is 1. The summed E-state index contributed by atoms with van der Waals surface area (Å²) in [6.07, 6.45) is -2.18. The van der Waals surface area contributed by atoms with E-state index in [-0.39, 0.29) is 61.6 Å². The molecule has 0 aromatic heterocycles. The van der Waals surface area contributed by atoms with Gasteiger partial charge in [-0.3, -0.25) is 0 Å². The lowest BCUT2D eigenvalue weighted by molar-refractivity contribution is -0.273. The van der Waals surface area contributed by atoms with Crippen LogP contribution in [0.1, 0.15) is 45.6 Å². The number of ether oxygens (including phenoxy) is 4. The van der Waals surface area contributed by atoms with E-state index in [2.05, 4.69) is 0 Å². The average Bonchev–Trinajstić information content (AvgIpc) is 3.64. The number of para-hydroxylation sites is 1. The smallest absolute Gasteiger partial charge is 0.247 e. The lowest BCUT2D eigenvalue weighted by atomic mass is 9.87. The Balaban J connectivity index is 1.52. The maximum absolute atomic E-state index is 14.5. The summed E-state index contributed by atoms with van der Waals surface area (Å²) in [5.74, 6) is 0.109. The normalized spacial score (nSPS) is 22.3. The fourth-order valence-corrected chi connectivity index (χ4v) is 8.35. The van der Waals surface area contributed by atoms with E-state index in [0.717, 1.165) is 10.5 Å². The highest BCUT2D eigenvalue weighted by Crippen LogP contribution is 2.40. The van der Waals surface area contributed by atoms with Crippen molar-refractivity contribution < 1.29 is 47.2 Å². The maximum Gasteiger partial charge on any atom is 0.247 e. The number of hydrogen-bond acceptors (Lipinski definition) is 10. The molecule has 2 aromatic rings. The molecule has 13 heteroatoms. The number of nitrogens with zero attached hydrogens (tertiary/aromatic N) is 2. The number of Topliss-reactive ketones (excluding diaryl/α,β-unsaturated/α-hetero) is 1. The van der Waals surface area contributed by atoms with E-state index in [0.29, 0.717) is 25.2 Å². The quantitative estimate of drug-likeness (QED) is 0.319. The molecule has 12 nitrogen and oxygen atoms in total. The molecule has 5 atom stereocenters. The van der Waals surface area contributed by atoms with Gasteiger partial charge in [-0.05, 0) is 49.3 Å². The van der Waals surface area contributed by atoms with E-state index < -0.39 is 52.6 Å². The van der Waals surface area contributed by atoms with Crippen molar-refractivity contribution in [2.75, 3.05) is 39.5 Å². The first-order valence-electron chi connectivity index (χ1n) is 15.7. The SMILES string of the molecule is CC(=O)CCC(C)(C)CN(C[C@@H](O)[C@H](Cc1ccccc1)N(C(=O)[O-])[C@H]1CO[C@H]2OCC[C@H]21)S(=O)(=O)c1cccc2c1OCCO2. The summed E-state index contributed by atoms with van der Waals surface area (Å²) in [7, 11) is -4.34. The third-order valence-corrected chi connectivity index (χ3v) is 10.8. The van der Waals surface area contributed by atoms with E-state index in [1.807, 2.05) is 44.2 Å². The van der Waals surface area contributed by atoms with Crippen LogP contribution in [-0.2, 0) is 30.7 Å². The topological polar surface area (TPSA) is 155 Å². The molecule has 0 radical (unpaired) electrons. The minimum atomic E-state index is -4.34. The van der Waals surface area contributed by atoms with Gasteiger partial charge < -0.3 is 43.6 Å². The first-order chi connectivity index (χ1) is 21.9. The summed E-state index contributed by atoms with van der Waals surface area (Å²) in [6, 6.07) is 12.0. The van der Waals surface area contributed by atoms with E-state index in [9.17, 15) is 28.2 Å². The molecule has 46 heavy (non-hydrogen) atoms. The Hall–Kier alpha value is -3.23. The molecule has 0 bridgehead atoms. The van der Waals surface area contributed by atoms with Crippen molar-refractivity contribution in [1.29, 1.82) is 0 Å². The molecule has 252 valence electrons. The van der Waals surface area contributed by atoms with Gasteiger partial charge in [0.2, 0.25) is 10.0 Å². The molecule has 1 amide bonds. The molecule has 1 N–H and O–H groups in total. The molecule has 5 rings (SSSR count). The van der Waals surface area contributed by atoms with E-state index >= 15 is 0 Å². The van der Waals surface area contributed by atoms with Gasteiger partial charge in [-0.15, -0.1) is 0 Å². The number of benzene rings is 2. The van der Waals surface area contributed by atoms with Gasteiger partial charge in [-0.25, -0.2) is 8.42 Å². The number of carbonyl (C=O) groups is 2. The van der Waals surface area contributed by atoms with Crippen LogP contribution in [0.5, 0.6) is 11.5 Å². The number of aliphatic hydroxyl groups excluding tert-OH is 1. The number of sulfonamides is 1. The fourth-order valence-electron chi connectivity index (χ4n) is 6.56. The summed E-state index contributed by atoms with van der Waals surface area (Å²) in [5.41, 5.74) is 0.0798. The van der Waals surface area contributed by atoms with Crippen LogP contribution >= 0.6 is 0 Å². The van der Waals surface area contributed by atoms with Crippen molar-refractivity contribution in [2.45, 2.75) is 75.8 Å². The Kier molecular flexibility index (Phi) is 10.6. The van der Waals surface area contributed by atoms with Gasteiger partial charge in [-0.2, -0.15) is 4.31 Å². The van der Waals surface area contributed by atoms with Crippen LogP contribution < -0.4 is 14.6 Å². The van der Waals surface area contributed by atoms with E-state index in [1.165, 1.54) is 17.3 Å². The second-order valence-electron chi connectivity index (χ2n) is 13.0. The Morgan fingerprint density at radius 2 is 1.78 bits per heavy atom. The predicted octanol–water partition coefficient (Wildman–Crippen LogP) is 2.22. The van der Waals surface area contributed by atoms with Crippen molar-refractivity contribution in [1.82, 2.24) is 9.21 Å². The van der Waals surface area contributed by atoms with Crippen LogP contribution in [0, 0.1) is 11.3 Å². The average molecular weight is 660 g/mol. The molecule has 0 unspecified atom stereocenters. The highest BCUT2D eigenvalue weighted by Gasteiger charge is 2.48. The first kappa shape index (κ1) is 34.1. The molecular formula is C33H43N2O10S-. The second-order valence-corrected chi connectivity index (χ2v) is 14.9. The highest BCUT2D eigenvalue weighted by molar-refractivity contribution is 7.89. The molecule has 2 aromatic carbocycles. The van der Waals surface area contributed by atoms with E-state index in [1.54, 1.807) is 12.1 Å². The van der Waals surface area contributed by atoms with Crippen LogP contribution in [0.25, 0.3) is 0 Å². The molecule has 0 aliphatic carbocycles. The summed E-state index contributed by atoms with van der Waals surface area (Å²) < 4.78 is 52.9. The molecule has 3 aliphatic rings. The zero-order valence-corrected chi connectivity index (χ0v) is 27.3. The minimum absolute atomic E-state index is 0.0225. The van der Waals surface area contributed by atoms with Gasteiger partial charge in [-0.1, -0.05) is 50.2 Å². The molecule has 0 spiro atoms. The lowest BCUT2D eigenvalue weighted by Gasteiger charge is -2.43. The monoisotopic (exact) mass is 659 g/mol. The Labute approximate surface area is 270 Å². The van der Waals surface area contributed by atoms with Crippen LogP contribution in [0.15, 0.2) is 53.4 Å². The van der Waals surface area contributed by atoms with Gasteiger partial charge in [0.25, 0.3) is 0 Å². The molecule has 3 heterocycles. The van der Waals surface area contributed by atoms with Crippen molar-refractivity contribution in [2.24, 2.45) is 11.3 Å². The number of carboxylic acid groups (broad SMARTS) is 1. The highest BCUT2D eigenvalue weighted by atomic mass is 32.2. The van der Waals surface area contributed by atoms with Gasteiger partial charge in [0.15, 0.2) is 17.8 Å². The van der Waals surface area contributed by atoms with Crippen molar-refractivity contribution in [3.8, 4) is 11.5 Å². The number of rotatable bonds is 14. The Bertz CT molecular complexity index is 1480. The second kappa shape index (κ2) is 14.3. The van der Waals surface area contributed by atoms with Crippen LogP contribution in [0.3, 0.4) is 0 Å². The van der Waals surface area contributed by atoms with Crippen molar-refractivity contribution in [3.63, 3.8) is 0 Å². The molecule has 2 fully saturated rings. The van der Waals surface area contributed by atoms with Crippen molar-refractivity contribution >= 4 is 21.9 Å². The third-order valence-electron chi connectivity index (χ3n) is 8.96. The van der Waals surface area contributed by atoms with Gasteiger partial charge in [0, 0.05) is 25.4 Å². The Morgan fingerprint density at radius 1 is 1.04 bits per heavy atom. The summed E-state index contributed by atoms with van der Waals surface area (Å²) in [6.45, 7) is 5.63. The number of hydrogen-bond donors (Lipinski definition) is 1. The number of amides is 1. The summed E-state index contributed by atoms with van der Waals surface area (Å²) >= 11 is 0. The van der Waals surface area contributed by atoms with Gasteiger partial charge in [0.1, 0.15) is 30.0 Å². The first-order valence-corrected chi connectivity index (χ1v) is 17.1. The molecule has 0 saturated carbocycles. The molecular weight excluding hydrogens is 616 g/mol. The fraction of sp³-hybridized carbons (Fsp3) is 0.576. The number of ketones is 1. The Morgan fingerprint density at radius 3 is 2.50 bits per heavy atom. The van der Waals surface area contributed by atoms with E-state index in [4.69, 9.17) is 18.9 Å². The van der Waals surface area contributed by atoms with Gasteiger partial charge in [0.05, 0.1) is 31.4 Å². The summed E-state index contributed by atoms with van der Waals surface area (Å²) in [4.78, 5) is 25.7. The maximum atomic E-state index is 14.5. The van der Waals surface area contributed by atoms with Crippen LogP contribution in [0.2, 0.25) is 0 Å². The lowest BCUT2D eigenvalue weighted by Crippen LogP contribution is -2.61.